The van der Waals surface area contributed by atoms with E-state index in [0.29, 0.717) is 0 Å². The second-order valence-corrected chi connectivity index (χ2v) is 5.34. The van der Waals surface area contributed by atoms with Crippen molar-refractivity contribution in [1.82, 2.24) is 5.32 Å². The third-order valence-corrected chi connectivity index (χ3v) is 3.30. The van der Waals surface area contributed by atoms with Gasteiger partial charge in [-0.25, -0.2) is 0 Å². The van der Waals surface area contributed by atoms with Crippen molar-refractivity contribution < 1.29 is 9.47 Å². The van der Waals surface area contributed by atoms with E-state index in [-0.39, 0.29) is 0 Å². The van der Waals surface area contributed by atoms with Crippen LogP contribution in [0.15, 0.2) is 24.3 Å². The average molecular weight is 293 g/mol. The van der Waals surface area contributed by atoms with Gasteiger partial charge in [-0.15, -0.1) is 0 Å². The Morgan fingerprint density at radius 1 is 0.857 bits per heavy atom. The summed E-state index contributed by atoms with van der Waals surface area (Å²) in [5.74, 6) is 0.969. The van der Waals surface area contributed by atoms with E-state index in [1.807, 2.05) is 0 Å². The van der Waals surface area contributed by atoms with Gasteiger partial charge in [0.1, 0.15) is 5.75 Å². The molecular weight excluding hydrogens is 262 g/mol. The Balaban J connectivity index is 2.04. The second kappa shape index (κ2) is 12.7. The number of unbranched alkanes of at least 4 members (excludes halogenated alkanes) is 2. The highest BCUT2D eigenvalue weighted by molar-refractivity contribution is 5.27. The van der Waals surface area contributed by atoms with Crippen molar-refractivity contribution >= 4 is 0 Å². The van der Waals surface area contributed by atoms with Crippen LogP contribution < -0.4 is 10.1 Å². The van der Waals surface area contributed by atoms with Crippen LogP contribution in [0.3, 0.4) is 0 Å². The van der Waals surface area contributed by atoms with Crippen molar-refractivity contribution in [3.05, 3.63) is 29.8 Å². The van der Waals surface area contributed by atoms with Crippen LogP contribution >= 0.6 is 0 Å². The molecule has 0 aliphatic rings. The van der Waals surface area contributed by atoms with Gasteiger partial charge in [0.2, 0.25) is 0 Å². The Morgan fingerprint density at radius 2 is 1.52 bits per heavy atom. The topological polar surface area (TPSA) is 30.5 Å². The molecule has 0 amide bonds. The summed E-state index contributed by atoms with van der Waals surface area (Å²) in [7, 11) is 0. The zero-order chi connectivity index (χ0) is 15.2. The van der Waals surface area contributed by atoms with Gasteiger partial charge in [-0.1, -0.05) is 38.8 Å². The van der Waals surface area contributed by atoms with Gasteiger partial charge in [0.25, 0.3) is 0 Å². The summed E-state index contributed by atoms with van der Waals surface area (Å²) in [6.45, 7) is 8.84. The fraction of sp³-hybridized carbons (Fsp3) is 0.667. The summed E-state index contributed by atoms with van der Waals surface area (Å²) >= 11 is 0. The summed E-state index contributed by atoms with van der Waals surface area (Å²) < 4.78 is 11.2. The van der Waals surface area contributed by atoms with Crippen molar-refractivity contribution in [3.8, 4) is 5.75 Å². The van der Waals surface area contributed by atoms with Crippen molar-refractivity contribution in [2.75, 3.05) is 26.4 Å². The Kier molecular flexibility index (Phi) is 10.8. The molecular formula is C18H31NO2. The highest BCUT2D eigenvalue weighted by atomic mass is 16.5. The van der Waals surface area contributed by atoms with Crippen LogP contribution in [-0.2, 0) is 11.3 Å². The lowest BCUT2D eigenvalue weighted by molar-refractivity contribution is 0.129. The maximum Gasteiger partial charge on any atom is 0.119 e. The first-order chi connectivity index (χ1) is 10.4. The molecule has 0 spiro atoms. The largest absolute Gasteiger partial charge is 0.494 e. The van der Waals surface area contributed by atoms with E-state index >= 15 is 0 Å². The highest BCUT2D eigenvalue weighted by Crippen LogP contribution is 2.12. The number of rotatable bonds is 13. The van der Waals surface area contributed by atoms with E-state index < -0.39 is 0 Å². The Hall–Kier alpha value is -1.06. The molecule has 1 rings (SSSR count). The zero-order valence-electron chi connectivity index (χ0n) is 13.7. The van der Waals surface area contributed by atoms with Crippen molar-refractivity contribution in [3.63, 3.8) is 0 Å². The van der Waals surface area contributed by atoms with Gasteiger partial charge >= 0.3 is 0 Å². The van der Waals surface area contributed by atoms with E-state index in [4.69, 9.17) is 9.47 Å². The highest BCUT2D eigenvalue weighted by Gasteiger charge is 1.96. The molecule has 21 heavy (non-hydrogen) atoms. The van der Waals surface area contributed by atoms with E-state index in [2.05, 4.69) is 43.4 Å². The SMILES string of the molecule is CCCCOCCCNCc1ccc(OCCCC)cc1. The quantitative estimate of drug-likeness (QED) is 0.554. The molecule has 0 fully saturated rings. The summed E-state index contributed by atoms with van der Waals surface area (Å²) in [6, 6.07) is 8.37. The first-order valence-corrected chi connectivity index (χ1v) is 8.37. The van der Waals surface area contributed by atoms with Crippen LogP contribution in [0.25, 0.3) is 0 Å². The third-order valence-electron chi connectivity index (χ3n) is 3.30. The van der Waals surface area contributed by atoms with E-state index in [9.17, 15) is 0 Å². The lowest BCUT2D eigenvalue weighted by Gasteiger charge is -2.08. The number of nitrogens with one attached hydrogen (secondary N) is 1. The van der Waals surface area contributed by atoms with Gasteiger partial charge in [-0.3, -0.25) is 0 Å². The molecule has 1 N–H and O–H groups in total. The van der Waals surface area contributed by atoms with Crippen molar-refractivity contribution in [1.29, 1.82) is 0 Å². The maximum atomic E-state index is 5.65. The maximum absolute atomic E-state index is 5.65. The van der Waals surface area contributed by atoms with Crippen LogP contribution in [0, 0.1) is 0 Å². The number of ether oxygens (including phenoxy) is 2. The molecule has 1 aromatic carbocycles. The number of hydrogen-bond donors (Lipinski definition) is 1. The normalized spacial score (nSPS) is 10.8. The molecule has 120 valence electrons. The number of hydrogen-bond acceptors (Lipinski definition) is 3. The lowest BCUT2D eigenvalue weighted by Crippen LogP contribution is -2.16. The summed E-state index contributed by atoms with van der Waals surface area (Å²) in [5, 5.41) is 3.44. The molecule has 3 nitrogen and oxygen atoms in total. The molecule has 0 radical (unpaired) electrons. The third kappa shape index (κ3) is 9.48. The standard InChI is InChI=1S/C18H31NO2/c1-3-5-13-20-14-7-12-19-16-17-8-10-18(11-9-17)21-15-6-4-2/h8-11,19H,3-7,12-16H2,1-2H3. The van der Waals surface area contributed by atoms with Crippen molar-refractivity contribution in [2.45, 2.75) is 52.5 Å². The predicted octanol–water partition coefficient (Wildman–Crippen LogP) is 4.16. The molecule has 3 heteroatoms. The van der Waals surface area contributed by atoms with Crippen LogP contribution in [0.5, 0.6) is 5.75 Å². The molecule has 0 aromatic heterocycles. The van der Waals surface area contributed by atoms with Gasteiger partial charge in [0.15, 0.2) is 0 Å². The molecule has 0 aliphatic heterocycles. The molecule has 0 atom stereocenters. The van der Waals surface area contributed by atoms with Crippen LogP contribution in [0.2, 0.25) is 0 Å². The van der Waals surface area contributed by atoms with Crippen LogP contribution in [0.4, 0.5) is 0 Å². The molecule has 0 bridgehead atoms. The van der Waals surface area contributed by atoms with Crippen LogP contribution in [0.1, 0.15) is 51.5 Å². The van der Waals surface area contributed by atoms with Gasteiger partial charge in [0.05, 0.1) is 6.61 Å². The summed E-state index contributed by atoms with van der Waals surface area (Å²) in [5.41, 5.74) is 1.30. The number of benzene rings is 1. The van der Waals surface area contributed by atoms with Gasteiger partial charge in [-0.2, -0.15) is 0 Å². The Labute approximate surface area is 130 Å². The van der Waals surface area contributed by atoms with E-state index in [1.54, 1.807) is 0 Å². The Morgan fingerprint density at radius 3 is 2.24 bits per heavy atom. The van der Waals surface area contributed by atoms with Gasteiger partial charge in [-0.05, 0) is 43.5 Å². The fourth-order valence-corrected chi connectivity index (χ4v) is 1.92. The minimum Gasteiger partial charge on any atom is -0.494 e. The monoisotopic (exact) mass is 293 g/mol. The van der Waals surface area contributed by atoms with Crippen molar-refractivity contribution in [2.24, 2.45) is 0 Å². The zero-order valence-corrected chi connectivity index (χ0v) is 13.7. The predicted molar refractivity (Wildman–Crippen MR) is 88.9 cm³/mol. The lowest BCUT2D eigenvalue weighted by atomic mass is 10.2. The minimum atomic E-state index is 0.812. The molecule has 0 saturated carbocycles. The summed E-state index contributed by atoms with van der Waals surface area (Å²) in [6.07, 6.45) is 5.73. The molecule has 0 heterocycles. The average Bonchev–Trinajstić information content (AvgIpc) is 2.52. The first kappa shape index (κ1) is 18.0. The summed E-state index contributed by atoms with van der Waals surface area (Å²) in [4.78, 5) is 0. The Bertz CT molecular complexity index is 338. The minimum absolute atomic E-state index is 0.812. The van der Waals surface area contributed by atoms with Gasteiger partial charge in [0, 0.05) is 19.8 Å². The van der Waals surface area contributed by atoms with E-state index in [0.717, 1.165) is 51.5 Å². The van der Waals surface area contributed by atoms with Gasteiger partial charge < -0.3 is 14.8 Å². The molecule has 0 unspecified atom stereocenters. The smallest absolute Gasteiger partial charge is 0.119 e. The van der Waals surface area contributed by atoms with E-state index in [1.165, 1.54) is 24.8 Å². The molecule has 0 aliphatic carbocycles. The molecule has 0 saturated heterocycles. The molecule has 1 aromatic rings. The van der Waals surface area contributed by atoms with Crippen LogP contribution in [-0.4, -0.2) is 26.4 Å². The second-order valence-electron chi connectivity index (χ2n) is 5.34. The fourth-order valence-electron chi connectivity index (χ4n) is 1.92. The first-order valence-electron chi connectivity index (χ1n) is 8.37.